The van der Waals surface area contributed by atoms with Crippen molar-refractivity contribution in [1.29, 1.82) is 0 Å². The van der Waals surface area contributed by atoms with Crippen LogP contribution in [0.5, 0.6) is 0 Å². The summed E-state index contributed by atoms with van der Waals surface area (Å²) in [5.74, 6) is 1.12. The summed E-state index contributed by atoms with van der Waals surface area (Å²) < 4.78 is 0. The second kappa shape index (κ2) is 7.98. The van der Waals surface area contributed by atoms with E-state index in [2.05, 4.69) is 54.3 Å². The molecule has 2 rings (SSSR count). The van der Waals surface area contributed by atoms with Crippen LogP contribution in [0, 0.1) is 0 Å². The van der Waals surface area contributed by atoms with Gasteiger partial charge in [-0.3, -0.25) is 4.90 Å². The molecule has 0 bridgehead atoms. The van der Waals surface area contributed by atoms with Gasteiger partial charge in [0.1, 0.15) is 0 Å². The highest BCUT2D eigenvalue weighted by Gasteiger charge is 2.04. The maximum atomic E-state index is 5.72. The molecular weight excluding hydrogens is 264 g/mol. The Morgan fingerprint density at radius 2 is 1.70 bits per heavy atom. The summed E-state index contributed by atoms with van der Waals surface area (Å²) in [6, 6.07) is 18.8. The zero-order valence-electron chi connectivity index (χ0n) is 12.0. The fourth-order valence-electron chi connectivity index (χ4n) is 2.04. The highest BCUT2D eigenvalue weighted by Crippen LogP contribution is 2.17. The van der Waals surface area contributed by atoms with E-state index in [1.165, 1.54) is 10.5 Å². The lowest BCUT2D eigenvalue weighted by molar-refractivity contribution is 0.298. The van der Waals surface area contributed by atoms with Crippen molar-refractivity contribution in [3.63, 3.8) is 0 Å². The van der Waals surface area contributed by atoms with E-state index in [0.29, 0.717) is 0 Å². The minimum atomic E-state index is 0.830. The third-order valence-electron chi connectivity index (χ3n) is 3.25. The minimum Gasteiger partial charge on any atom is -0.399 e. The molecule has 0 heterocycles. The van der Waals surface area contributed by atoms with E-state index in [0.717, 1.165) is 31.1 Å². The number of nitrogen functional groups attached to an aromatic ring is 1. The van der Waals surface area contributed by atoms with E-state index < -0.39 is 0 Å². The Kier molecular flexibility index (Phi) is 5.96. The molecule has 0 atom stereocenters. The number of thioether (sulfide) groups is 1. The Bertz CT molecular complexity index is 496. The number of hydrogen-bond acceptors (Lipinski definition) is 3. The van der Waals surface area contributed by atoms with Crippen LogP contribution in [0.3, 0.4) is 0 Å². The van der Waals surface area contributed by atoms with Gasteiger partial charge in [-0.2, -0.15) is 0 Å². The summed E-state index contributed by atoms with van der Waals surface area (Å²) in [6.45, 7) is 5.37. The molecule has 0 aliphatic carbocycles. The first-order valence-corrected chi connectivity index (χ1v) is 8.01. The van der Waals surface area contributed by atoms with E-state index in [9.17, 15) is 0 Å². The van der Waals surface area contributed by atoms with Crippen molar-refractivity contribution in [1.82, 2.24) is 4.90 Å². The van der Waals surface area contributed by atoms with Crippen LogP contribution >= 0.6 is 11.8 Å². The molecule has 0 saturated heterocycles. The van der Waals surface area contributed by atoms with Gasteiger partial charge in [0.15, 0.2) is 0 Å². The summed E-state index contributed by atoms with van der Waals surface area (Å²) in [7, 11) is 0. The highest BCUT2D eigenvalue weighted by atomic mass is 32.2. The number of nitrogens with zero attached hydrogens (tertiary/aromatic N) is 1. The maximum Gasteiger partial charge on any atom is 0.0314 e. The molecule has 2 aromatic carbocycles. The average molecular weight is 286 g/mol. The molecular formula is C17H22N2S. The molecule has 2 nitrogen and oxygen atoms in total. The highest BCUT2D eigenvalue weighted by molar-refractivity contribution is 7.99. The number of anilines is 1. The fraction of sp³-hybridized carbons (Fsp3) is 0.294. The fourth-order valence-corrected chi connectivity index (χ4v) is 2.97. The molecule has 3 heteroatoms. The summed E-state index contributed by atoms with van der Waals surface area (Å²) in [5, 5.41) is 0. The van der Waals surface area contributed by atoms with Gasteiger partial charge in [-0.05, 0) is 36.4 Å². The predicted octanol–water partition coefficient (Wildman–Crippen LogP) is 3.88. The predicted molar refractivity (Wildman–Crippen MR) is 89.0 cm³/mol. The van der Waals surface area contributed by atoms with Crippen molar-refractivity contribution in [3.8, 4) is 0 Å². The second-order valence-electron chi connectivity index (χ2n) is 4.77. The summed E-state index contributed by atoms with van der Waals surface area (Å²) in [4.78, 5) is 3.80. The Hall–Kier alpha value is -1.45. The van der Waals surface area contributed by atoms with E-state index in [4.69, 9.17) is 5.73 Å². The number of rotatable bonds is 7. The molecule has 106 valence electrons. The molecule has 0 aliphatic heterocycles. The van der Waals surface area contributed by atoms with Gasteiger partial charge in [0.25, 0.3) is 0 Å². The van der Waals surface area contributed by atoms with Crippen molar-refractivity contribution in [3.05, 3.63) is 60.2 Å². The van der Waals surface area contributed by atoms with Crippen LogP contribution in [-0.2, 0) is 6.54 Å². The van der Waals surface area contributed by atoms with Gasteiger partial charge in [-0.15, -0.1) is 11.8 Å². The molecule has 0 aromatic heterocycles. The van der Waals surface area contributed by atoms with Crippen LogP contribution < -0.4 is 5.73 Å². The van der Waals surface area contributed by atoms with E-state index in [-0.39, 0.29) is 0 Å². The molecule has 0 fully saturated rings. The first-order chi connectivity index (χ1) is 9.78. The van der Waals surface area contributed by atoms with Crippen LogP contribution in [0.4, 0.5) is 5.69 Å². The van der Waals surface area contributed by atoms with Crippen LogP contribution in [0.2, 0.25) is 0 Å². The third-order valence-corrected chi connectivity index (χ3v) is 4.24. The monoisotopic (exact) mass is 286 g/mol. The molecule has 0 spiro atoms. The van der Waals surface area contributed by atoms with E-state index in [1.54, 1.807) is 0 Å². The van der Waals surface area contributed by atoms with Gasteiger partial charge in [0, 0.05) is 29.4 Å². The normalized spacial score (nSPS) is 10.9. The lowest BCUT2D eigenvalue weighted by atomic mass is 10.2. The standard InChI is InChI=1S/C17H22N2S/c1-2-19(14-15-8-10-16(18)11-9-15)12-13-20-17-6-4-3-5-7-17/h3-11H,2,12-14,18H2,1H3. The topological polar surface area (TPSA) is 29.3 Å². The summed E-state index contributed by atoms with van der Waals surface area (Å²) in [6.07, 6.45) is 0. The summed E-state index contributed by atoms with van der Waals surface area (Å²) >= 11 is 1.92. The van der Waals surface area contributed by atoms with Crippen LogP contribution in [-0.4, -0.2) is 23.7 Å². The van der Waals surface area contributed by atoms with Gasteiger partial charge >= 0.3 is 0 Å². The van der Waals surface area contributed by atoms with Gasteiger partial charge in [-0.1, -0.05) is 37.3 Å². The largest absolute Gasteiger partial charge is 0.399 e. The quantitative estimate of drug-likeness (QED) is 0.618. The second-order valence-corrected chi connectivity index (χ2v) is 5.94. The van der Waals surface area contributed by atoms with Crippen molar-refractivity contribution >= 4 is 17.4 Å². The zero-order chi connectivity index (χ0) is 14.2. The Morgan fingerprint density at radius 1 is 1.00 bits per heavy atom. The van der Waals surface area contributed by atoms with Crippen molar-refractivity contribution < 1.29 is 0 Å². The molecule has 2 aromatic rings. The molecule has 0 amide bonds. The molecule has 0 unspecified atom stereocenters. The first-order valence-electron chi connectivity index (χ1n) is 7.02. The van der Waals surface area contributed by atoms with E-state index >= 15 is 0 Å². The smallest absolute Gasteiger partial charge is 0.0314 e. The maximum absolute atomic E-state index is 5.72. The van der Waals surface area contributed by atoms with Crippen LogP contribution in [0.15, 0.2) is 59.5 Å². The lowest BCUT2D eigenvalue weighted by Gasteiger charge is -2.20. The minimum absolute atomic E-state index is 0.830. The summed E-state index contributed by atoms with van der Waals surface area (Å²) in [5.41, 5.74) is 7.87. The Balaban J connectivity index is 1.79. The molecule has 0 radical (unpaired) electrons. The zero-order valence-corrected chi connectivity index (χ0v) is 12.8. The first kappa shape index (κ1) is 14.9. The molecule has 20 heavy (non-hydrogen) atoms. The number of nitrogens with two attached hydrogens (primary N) is 1. The third kappa shape index (κ3) is 4.91. The van der Waals surface area contributed by atoms with E-state index in [1.807, 2.05) is 23.9 Å². The van der Waals surface area contributed by atoms with Crippen LogP contribution in [0.1, 0.15) is 12.5 Å². The number of hydrogen-bond donors (Lipinski definition) is 1. The Morgan fingerprint density at radius 3 is 2.35 bits per heavy atom. The van der Waals surface area contributed by atoms with Gasteiger partial charge < -0.3 is 5.73 Å². The van der Waals surface area contributed by atoms with Crippen LogP contribution in [0.25, 0.3) is 0 Å². The Labute approximate surface area is 126 Å². The molecule has 0 aliphatic rings. The van der Waals surface area contributed by atoms with Crippen molar-refractivity contribution in [2.24, 2.45) is 0 Å². The SMILES string of the molecule is CCN(CCSc1ccccc1)Cc1ccc(N)cc1. The van der Waals surface area contributed by atoms with Gasteiger partial charge in [0.2, 0.25) is 0 Å². The molecule has 0 saturated carbocycles. The van der Waals surface area contributed by atoms with Crippen molar-refractivity contribution in [2.75, 3.05) is 24.6 Å². The van der Waals surface area contributed by atoms with Gasteiger partial charge in [-0.25, -0.2) is 0 Å². The average Bonchev–Trinajstić information content (AvgIpc) is 2.49. The number of benzene rings is 2. The van der Waals surface area contributed by atoms with Crippen molar-refractivity contribution in [2.45, 2.75) is 18.4 Å². The van der Waals surface area contributed by atoms with Gasteiger partial charge in [0.05, 0.1) is 0 Å². The molecule has 2 N–H and O–H groups in total. The lowest BCUT2D eigenvalue weighted by Crippen LogP contribution is -2.25.